The standard InChI is InChI=1S/2C5H13N4O.Co/c2*1-5(2,3)9-8-4(10)7-6;/h2*6H2,1-3H3,(H2,7,8,10);/q2*-1;+2. The van der Waals surface area contributed by atoms with E-state index < -0.39 is 12.1 Å². The average Bonchev–Trinajstić information content (AvgIpc) is 2.31. The van der Waals surface area contributed by atoms with Crippen LogP contribution in [0.3, 0.4) is 0 Å². The maximum atomic E-state index is 10.4. The van der Waals surface area contributed by atoms with Gasteiger partial charge in [-0.3, -0.25) is 10.9 Å². The zero-order valence-corrected chi connectivity index (χ0v) is 14.2. The molecule has 0 aliphatic heterocycles. The minimum atomic E-state index is -0.505. The Bertz CT molecular complexity index is 270. The maximum Gasteiger partial charge on any atom is 2.00 e. The van der Waals surface area contributed by atoms with Crippen molar-refractivity contribution in [3.05, 3.63) is 10.9 Å². The maximum absolute atomic E-state index is 10.4. The molecule has 0 aliphatic rings. The van der Waals surface area contributed by atoms with Gasteiger partial charge < -0.3 is 21.7 Å². The van der Waals surface area contributed by atoms with E-state index in [2.05, 4.69) is 21.7 Å². The van der Waals surface area contributed by atoms with Crippen LogP contribution in [0.25, 0.3) is 10.9 Å². The number of amides is 4. The first-order valence-corrected chi connectivity index (χ1v) is 5.88. The van der Waals surface area contributed by atoms with E-state index >= 15 is 0 Å². The predicted octanol–water partition coefficient (Wildman–Crippen LogP) is 0.491. The normalized spacial score (nSPS) is 10.3. The molecule has 0 fully saturated rings. The van der Waals surface area contributed by atoms with Gasteiger partial charge in [-0.25, -0.2) is 21.3 Å². The van der Waals surface area contributed by atoms with Crippen molar-refractivity contribution in [2.45, 2.75) is 52.6 Å². The summed E-state index contributed by atoms with van der Waals surface area (Å²) in [6.07, 6.45) is 0. The number of nitrogens with two attached hydrogens (primary N) is 2. The van der Waals surface area contributed by atoms with E-state index in [9.17, 15) is 9.59 Å². The van der Waals surface area contributed by atoms with E-state index in [1.165, 1.54) is 0 Å². The van der Waals surface area contributed by atoms with Crippen LogP contribution in [0.5, 0.6) is 0 Å². The predicted molar refractivity (Wildman–Crippen MR) is 77.9 cm³/mol. The molecule has 0 aromatic carbocycles. The van der Waals surface area contributed by atoms with E-state index in [4.69, 9.17) is 11.7 Å². The smallest absolute Gasteiger partial charge is 0.562 e. The zero-order valence-electron chi connectivity index (χ0n) is 13.2. The van der Waals surface area contributed by atoms with Crippen molar-refractivity contribution in [1.29, 1.82) is 0 Å². The Hall–Kier alpha value is -1.11. The van der Waals surface area contributed by atoms with Crippen molar-refractivity contribution in [3.63, 3.8) is 0 Å². The minimum absolute atomic E-state index is 0. The second kappa shape index (κ2) is 11.5. The number of rotatable bonds is 2. The molecule has 0 saturated carbocycles. The van der Waals surface area contributed by atoms with E-state index in [0.29, 0.717) is 0 Å². The monoisotopic (exact) mass is 349 g/mol. The Kier molecular flexibility index (Phi) is 13.7. The van der Waals surface area contributed by atoms with Gasteiger partial charge in [0.25, 0.3) is 0 Å². The number of hydrogen-bond donors (Lipinski definition) is 6. The van der Waals surface area contributed by atoms with Crippen LogP contribution in [0, 0.1) is 0 Å². The summed E-state index contributed by atoms with van der Waals surface area (Å²) >= 11 is 0. The molecule has 0 aromatic heterocycles. The number of hydrogen-bond acceptors (Lipinski definition) is 4. The Morgan fingerprint density at radius 1 is 0.762 bits per heavy atom. The molecule has 10 nitrogen and oxygen atoms in total. The Morgan fingerprint density at radius 3 is 1.14 bits per heavy atom. The molecule has 0 bridgehead atoms. The molecule has 21 heavy (non-hydrogen) atoms. The minimum Gasteiger partial charge on any atom is -0.562 e. The number of carbonyl (C=O) groups is 2. The summed E-state index contributed by atoms with van der Waals surface area (Å²) in [5.41, 5.74) is 15.3. The fraction of sp³-hybridized carbons (Fsp3) is 0.800. The second-order valence-corrected chi connectivity index (χ2v) is 5.74. The van der Waals surface area contributed by atoms with Gasteiger partial charge in [-0.15, -0.1) is 11.1 Å². The molecule has 0 aliphatic carbocycles. The fourth-order valence-electron chi connectivity index (χ4n) is 0.502. The van der Waals surface area contributed by atoms with Crippen molar-refractivity contribution in [2.75, 3.05) is 0 Å². The molecular formula is C10H26CoN8O2. The van der Waals surface area contributed by atoms with Gasteiger partial charge in [0.05, 0.1) is 0 Å². The summed E-state index contributed by atoms with van der Waals surface area (Å²) in [6.45, 7) is 11.2. The van der Waals surface area contributed by atoms with Crippen LogP contribution in [-0.4, -0.2) is 23.1 Å². The molecule has 0 rings (SSSR count). The SMILES string of the molecule is CC(C)(C)[N-]NC(=O)NN.CC(C)(C)[N-]NC(=O)NN.[Co+2]. The molecule has 0 atom stereocenters. The van der Waals surface area contributed by atoms with E-state index in [1.54, 1.807) is 0 Å². The van der Waals surface area contributed by atoms with Gasteiger partial charge in [0.1, 0.15) is 0 Å². The summed E-state index contributed by atoms with van der Waals surface area (Å²) < 4.78 is 0. The van der Waals surface area contributed by atoms with Gasteiger partial charge in [0.2, 0.25) is 0 Å². The molecule has 127 valence electrons. The molecule has 0 aromatic rings. The molecule has 0 heterocycles. The number of nitrogens with zero attached hydrogens (tertiary/aromatic N) is 2. The Morgan fingerprint density at radius 2 is 1.00 bits per heavy atom. The van der Waals surface area contributed by atoms with Gasteiger partial charge >= 0.3 is 28.8 Å². The summed E-state index contributed by atoms with van der Waals surface area (Å²) in [5.74, 6) is 9.56. The van der Waals surface area contributed by atoms with Crippen molar-refractivity contribution < 1.29 is 26.4 Å². The number of carbonyl (C=O) groups excluding carboxylic acids is 2. The fourth-order valence-corrected chi connectivity index (χ4v) is 0.502. The quantitative estimate of drug-likeness (QED) is 0.243. The summed E-state index contributed by atoms with van der Waals surface area (Å²) in [5, 5.41) is 0. The zero-order chi connectivity index (χ0) is 16.4. The molecule has 11 heteroatoms. The second-order valence-electron chi connectivity index (χ2n) is 5.74. The van der Waals surface area contributed by atoms with Crippen LogP contribution < -0.4 is 33.4 Å². The van der Waals surface area contributed by atoms with Crippen molar-refractivity contribution in [3.8, 4) is 0 Å². The first kappa shape index (κ1) is 24.9. The average molecular weight is 349 g/mol. The van der Waals surface area contributed by atoms with Crippen LogP contribution in [0.15, 0.2) is 0 Å². The molecule has 0 spiro atoms. The van der Waals surface area contributed by atoms with E-state index in [0.717, 1.165) is 0 Å². The van der Waals surface area contributed by atoms with Gasteiger partial charge in [0, 0.05) is 0 Å². The van der Waals surface area contributed by atoms with Crippen LogP contribution in [0.4, 0.5) is 9.59 Å². The molecule has 0 unspecified atom stereocenters. The van der Waals surface area contributed by atoms with Crippen LogP contribution in [0.1, 0.15) is 41.5 Å². The van der Waals surface area contributed by atoms with Crippen LogP contribution in [0.2, 0.25) is 0 Å². The number of nitrogens with one attached hydrogen (secondary N) is 4. The molecular weight excluding hydrogens is 323 g/mol. The largest absolute Gasteiger partial charge is 2.00 e. The van der Waals surface area contributed by atoms with Crippen molar-refractivity contribution in [1.82, 2.24) is 21.7 Å². The summed E-state index contributed by atoms with van der Waals surface area (Å²) in [6, 6.07) is -1.01. The third kappa shape index (κ3) is 24.3. The third-order valence-corrected chi connectivity index (χ3v) is 1.25. The molecule has 4 amide bonds. The summed E-state index contributed by atoms with van der Waals surface area (Å²) in [4.78, 5) is 20.8. The molecule has 8 N–H and O–H groups in total. The Balaban J connectivity index is -0.000000295. The molecule has 0 saturated heterocycles. The van der Waals surface area contributed by atoms with Crippen molar-refractivity contribution in [2.24, 2.45) is 11.7 Å². The van der Waals surface area contributed by atoms with E-state index in [1.807, 2.05) is 52.4 Å². The number of hydrazine groups is 2. The Labute approximate surface area is 136 Å². The van der Waals surface area contributed by atoms with Gasteiger partial charge in [0.15, 0.2) is 0 Å². The molecule has 1 radical (unpaired) electrons. The van der Waals surface area contributed by atoms with Gasteiger partial charge in [-0.1, -0.05) is 41.5 Å². The van der Waals surface area contributed by atoms with Crippen LogP contribution >= 0.6 is 0 Å². The summed E-state index contributed by atoms with van der Waals surface area (Å²) in [7, 11) is 0. The van der Waals surface area contributed by atoms with Crippen LogP contribution in [-0.2, 0) is 16.8 Å². The van der Waals surface area contributed by atoms with Gasteiger partial charge in [-0.05, 0) is 0 Å². The third-order valence-electron chi connectivity index (χ3n) is 1.25. The van der Waals surface area contributed by atoms with E-state index in [-0.39, 0.29) is 27.9 Å². The topological polar surface area (TPSA) is 162 Å². The first-order valence-electron chi connectivity index (χ1n) is 5.88. The van der Waals surface area contributed by atoms with Gasteiger partial charge in [-0.2, -0.15) is 0 Å². The first-order chi connectivity index (χ1) is 8.91. The van der Waals surface area contributed by atoms with Crippen molar-refractivity contribution >= 4 is 12.1 Å². The number of urea groups is 2.